The van der Waals surface area contributed by atoms with Crippen LogP contribution in [0.15, 0.2) is 0 Å². The molecular weight excluding hydrogens is 302 g/mol. The second-order valence-electron chi connectivity index (χ2n) is 8.14. The van der Waals surface area contributed by atoms with E-state index in [0.29, 0.717) is 0 Å². The number of hydrogen-bond acceptors (Lipinski definition) is 1. The number of rotatable bonds is 21. The molecule has 0 rings (SSSR count). The maximum absolute atomic E-state index is 2.79. The van der Waals surface area contributed by atoms with E-state index in [2.05, 4.69) is 25.7 Å². The summed E-state index contributed by atoms with van der Waals surface area (Å²) < 4.78 is 0. The van der Waals surface area contributed by atoms with Crippen molar-refractivity contribution in [2.24, 2.45) is 0 Å². The molecule has 0 bridgehead atoms. The fourth-order valence-corrected chi connectivity index (χ4v) is 3.68. The summed E-state index contributed by atoms with van der Waals surface area (Å²) in [5.74, 6) is 0. The van der Waals surface area contributed by atoms with Gasteiger partial charge in [-0.05, 0) is 38.9 Å². The standard InChI is InChI=1S/C24H51N/c1-4-7-10-13-14-15-18-21-24-25(22-19-16-11-8-5-2)23-20-17-12-9-6-3/h4-24H2,1-3H3. The van der Waals surface area contributed by atoms with Crippen LogP contribution in [0.2, 0.25) is 0 Å². The Morgan fingerprint density at radius 3 is 0.840 bits per heavy atom. The molecule has 0 aliphatic rings. The van der Waals surface area contributed by atoms with Crippen LogP contribution in [0.3, 0.4) is 0 Å². The van der Waals surface area contributed by atoms with Crippen LogP contribution in [0.5, 0.6) is 0 Å². The molecule has 0 atom stereocenters. The van der Waals surface area contributed by atoms with Gasteiger partial charge in [-0.1, -0.05) is 117 Å². The molecule has 1 nitrogen and oxygen atoms in total. The van der Waals surface area contributed by atoms with Crippen molar-refractivity contribution in [1.29, 1.82) is 0 Å². The Hall–Kier alpha value is -0.0400. The van der Waals surface area contributed by atoms with Gasteiger partial charge in [0.05, 0.1) is 0 Å². The van der Waals surface area contributed by atoms with Crippen LogP contribution in [-0.4, -0.2) is 24.5 Å². The van der Waals surface area contributed by atoms with Gasteiger partial charge >= 0.3 is 0 Å². The van der Waals surface area contributed by atoms with Crippen LogP contribution < -0.4 is 0 Å². The number of unbranched alkanes of at least 4 members (excludes halogenated alkanes) is 15. The number of hydrogen-bond donors (Lipinski definition) is 0. The van der Waals surface area contributed by atoms with Gasteiger partial charge in [0.25, 0.3) is 0 Å². The van der Waals surface area contributed by atoms with Crippen LogP contribution in [0.1, 0.15) is 136 Å². The second-order valence-corrected chi connectivity index (χ2v) is 8.14. The Bertz CT molecular complexity index is 212. The fraction of sp³-hybridized carbons (Fsp3) is 1.00. The van der Waals surface area contributed by atoms with E-state index in [1.807, 2.05) is 0 Å². The largest absolute Gasteiger partial charge is 0.303 e. The van der Waals surface area contributed by atoms with Gasteiger partial charge in [0.1, 0.15) is 0 Å². The highest BCUT2D eigenvalue weighted by Gasteiger charge is 2.04. The quantitative estimate of drug-likeness (QED) is 0.187. The minimum atomic E-state index is 1.36. The van der Waals surface area contributed by atoms with E-state index in [1.54, 1.807) is 0 Å². The summed E-state index contributed by atoms with van der Waals surface area (Å²) >= 11 is 0. The van der Waals surface area contributed by atoms with Gasteiger partial charge in [-0.2, -0.15) is 0 Å². The molecule has 0 saturated heterocycles. The molecule has 0 N–H and O–H groups in total. The van der Waals surface area contributed by atoms with E-state index in [1.165, 1.54) is 135 Å². The van der Waals surface area contributed by atoms with E-state index in [0.717, 1.165) is 0 Å². The molecule has 0 heterocycles. The third kappa shape index (κ3) is 20.1. The third-order valence-corrected chi connectivity index (χ3v) is 5.48. The predicted molar refractivity (Wildman–Crippen MR) is 117 cm³/mol. The van der Waals surface area contributed by atoms with Crippen molar-refractivity contribution in [1.82, 2.24) is 4.90 Å². The lowest BCUT2D eigenvalue weighted by Crippen LogP contribution is -2.27. The normalized spacial score (nSPS) is 11.5. The van der Waals surface area contributed by atoms with Gasteiger partial charge < -0.3 is 4.90 Å². The van der Waals surface area contributed by atoms with E-state index < -0.39 is 0 Å². The SMILES string of the molecule is CCCCCCCCCCN(CCCCCCC)CCCCCCC. The molecule has 0 aliphatic heterocycles. The molecule has 0 radical (unpaired) electrons. The molecule has 25 heavy (non-hydrogen) atoms. The van der Waals surface area contributed by atoms with Gasteiger partial charge in [-0.3, -0.25) is 0 Å². The van der Waals surface area contributed by atoms with E-state index in [9.17, 15) is 0 Å². The topological polar surface area (TPSA) is 3.24 Å². The molecule has 1 heteroatoms. The molecule has 0 saturated carbocycles. The first-order valence-corrected chi connectivity index (χ1v) is 12.1. The minimum Gasteiger partial charge on any atom is -0.303 e. The van der Waals surface area contributed by atoms with Crippen molar-refractivity contribution in [2.75, 3.05) is 19.6 Å². The van der Waals surface area contributed by atoms with Crippen LogP contribution in [0.4, 0.5) is 0 Å². The zero-order valence-corrected chi connectivity index (χ0v) is 18.3. The van der Waals surface area contributed by atoms with E-state index in [4.69, 9.17) is 0 Å². The monoisotopic (exact) mass is 353 g/mol. The zero-order valence-electron chi connectivity index (χ0n) is 18.3. The predicted octanol–water partition coefficient (Wildman–Crippen LogP) is 8.37. The second kappa shape index (κ2) is 22.0. The van der Waals surface area contributed by atoms with E-state index in [-0.39, 0.29) is 0 Å². The van der Waals surface area contributed by atoms with Crippen molar-refractivity contribution in [3.05, 3.63) is 0 Å². The molecule has 152 valence electrons. The maximum Gasteiger partial charge on any atom is -0.00187 e. The highest BCUT2D eigenvalue weighted by Crippen LogP contribution is 2.11. The summed E-state index contributed by atoms with van der Waals surface area (Å²) in [6, 6.07) is 0. The molecule has 0 aromatic carbocycles. The summed E-state index contributed by atoms with van der Waals surface area (Å²) in [7, 11) is 0. The molecular formula is C24H51N. The summed E-state index contributed by atoms with van der Waals surface area (Å²) in [6.07, 6.45) is 25.7. The average Bonchev–Trinajstić information content (AvgIpc) is 2.62. The first-order chi connectivity index (χ1) is 12.3. The Kier molecular flexibility index (Phi) is 22.0. The van der Waals surface area contributed by atoms with Gasteiger partial charge in [0, 0.05) is 0 Å². The van der Waals surface area contributed by atoms with Crippen molar-refractivity contribution in [2.45, 2.75) is 136 Å². The van der Waals surface area contributed by atoms with Crippen LogP contribution in [-0.2, 0) is 0 Å². The van der Waals surface area contributed by atoms with Crippen molar-refractivity contribution in [3.63, 3.8) is 0 Å². The highest BCUT2D eigenvalue weighted by molar-refractivity contribution is 4.60. The summed E-state index contributed by atoms with van der Waals surface area (Å²) in [6.45, 7) is 11.0. The lowest BCUT2D eigenvalue weighted by atomic mass is 10.1. The van der Waals surface area contributed by atoms with Gasteiger partial charge in [-0.15, -0.1) is 0 Å². The van der Waals surface area contributed by atoms with Gasteiger partial charge in [-0.25, -0.2) is 0 Å². The zero-order chi connectivity index (χ0) is 18.4. The molecule has 0 fully saturated rings. The Labute approximate surface area is 161 Å². The first-order valence-electron chi connectivity index (χ1n) is 12.1. The maximum atomic E-state index is 2.79. The summed E-state index contributed by atoms with van der Waals surface area (Å²) in [5.41, 5.74) is 0. The average molecular weight is 354 g/mol. The Balaban J connectivity index is 3.71. The van der Waals surface area contributed by atoms with E-state index >= 15 is 0 Å². The van der Waals surface area contributed by atoms with Crippen LogP contribution in [0.25, 0.3) is 0 Å². The number of nitrogens with zero attached hydrogens (tertiary/aromatic N) is 1. The Morgan fingerprint density at radius 1 is 0.320 bits per heavy atom. The van der Waals surface area contributed by atoms with Crippen LogP contribution in [0, 0.1) is 0 Å². The summed E-state index contributed by atoms with van der Waals surface area (Å²) in [4.78, 5) is 2.79. The fourth-order valence-electron chi connectivity index (χ4n) is 3.68. The third-order valence-electron chi connectivity index (χ3n) is 5.48. The molecule has 0 aliphatic carbocycles. The molecule has 0 amide bonds. The lowest BCUT2D eigenvalue weighted by molar-refractivity contribution is 0.254. The highest BCUT2D eigenvalue weighted by atomic mass is 15.1. The van der Waals surface area contributed by atoms with Crippen LogP contribution >= 0.6 is 0 Å². The summed E-state index contributed by atoms with van der Waals surface area (Å²) in [5, 5.41) is 0. The molecule has 0 aromatic heterocycles. The van der Waals surface area contributed by atoms with Crippen molar-refractivity contribution in [3.8, 4) is 0 Å². The molecule has 0 unspecified atom stereocenters. The molecule has 0 spiro atoms. The van der Waals surface area contributed by atoms with Gasteiger partial charge in [0.2, 0.25) is 0 Å². The van der Waals surface area contributed by atoms with Gasteiger partial charge in [0.15, 0.2) is 0 Å². The van der Waals surface area contributed by atoms with Crippen molar-refractivity contribution >= 4 is 0 Å². The minimum absolute atomic E-state index is 1.36. The smallest absolute Gasteiger partial charge is 0.00187 e. The molecule has 0 aromatic rings. The lowest BCUT2D eigenvalue weighted by Gasteiger charge is -2.22. The van der Waals surface area contributed by atoms with Crippen molar-refractivity contribution < 1.29 is 0 Å². The first kappa shape index (κ1) is 25.0. The Morgan fingerprint density at radius 2 is 0.560 bits per heavy atom.